The molecular weight excluding hydrogens is 600 g/mol. The van der Waals surface area contributed by atoms with Crippen molar-refractivity contribution in [2.45, 2.75) is 30.0 Å². The highest BCUT2D eigenvalue weighted by molar-refractivity contribution is 7.89. The second kappa shape index (κ2) is 12.6. The summed E-state index contributed by atoms with van der Waals surface area (Å²) in [4.78, 5) is 39.4. The predicted octanol–water partition coefficient (Wildman–Crippen LogP) is 3.23. The Hall–Kier alpha value is -4.84. The average Bonchev–Trinajstić information content (AvgIpc) is 3.36. The molecular formula is C25H24F4N8O5S. The van der Waals surface area contributed by atoms with Gasteiger partial charge in [0.05, 0.1) is 15.9 Å². The van der Waals surface area contributed by atoms with Gasteiger partial charge in [0.1, 0.15) is 11.6 Å². The van der Waals surface area contributed by atoms with E-state index in [2.05, 4.69) is 30.6 Å². The maximum Gasteiger partial charge on any atom is 0.490 e. The number of aromatic amines is 1. The Labute approximate surface area is 241 Å². The number of nitrogens with two attached hydrogens (primary N) is 1. The molecule has 1 amide bonds. The van der Waals surface area contributed by atoms with Gasteiger partial charge in [-0.3, -0.25) is 4.79 Å². The number of carboxylic acid groups (broad SMARTS) is 1. The number of hydrogen-bond acceptors (Lipinski definition) is 9. The number of hydrogen-bond donors (Lipinski definition) is 5. The molecule has 228 valence electrons. The number of fused-ring (bicyclic) bond motifs is 1. The van der Waals surface area contributed by atoms with Gasteiger partial charge in [0.2, 0.25) is 16.0 Å². The van der Waals surface area contributed by atoms with E-state index in [-0.39, 0.29) is 28.5 Å². The molecule has 0 aliphatic carbocycles. The minimum Gasteiger partial charge on any atom is -0.475 e. The number of carbonyl (C=O) groups excluding carboxylic acids is 1. The first kappa shape index (κ1) is 31.1. The van der Waals surface area contributed by atoms with Crippen molar-refractivity contribution < 1.29 is 40.7 Å². The molecule has 1 aliphatic rings. The molecule has 5 rings (SSSR count). The summed E-state index contributed by atoms with van der Waals surface area (Å²) < 4.78 is 68.0. The Morgan fingerprint density at radius 3 is 2.30 bits per heavy atom. The molecule has 6 N–H and O–H groups in total. The molecule has 18 heteroatoms. The minimum absolute atomic E-state index is 0.0171. The summed E-state index contributed by atoms with van der Waals surface area (Å²) in [5.74, 6) is -2.19. The molecule has 0 atom stereocenters. The summed E-state index contributed by atoms with van der Waals surface area (Å²) in [5.41, 5.74) is 1.65. The molecule has 1 saturated heterocycles. The molecule has 1 aliphatic heterocycles. The number of anilines is 3. The van der Waals surface area contributed by atoms with Crippen molar-refractivity contribution in [3.8, 4) is 0 Å². The number of rotatable bonds is 6. The van der Waals surface area contributed by atoms with Crippen molar-refractivity contribution in [2.24, 2.45) is 5.14 Å². The van der Waals surface area contributed by atoms with Gasteiger partial charge >= 0.3 is 12.1 Å². The number of carboxylic acids is 1. The van der Waals surface area contributed by atoms with E-state index in [4.69, 9.17) is 15.0 Å². The number of nitrogens with one attached hydrogen (secondary N) is 3. The second-order valence-corrected chi connectivity index (χ2v) is 10.8. The summed E-state index contributed by atoms with van der Waals surface area (Å²) in [6.07, 6.45) is -2.05. The van der Waals surface area contributed by atoms with E-state index < -0.39 is 22.2 Å². The normalized spacial score (nSPS) is 14.1. The SMILES string of the molecule is NS(=O)(=O)c1ccc(Nc2nccc(NC3CCN(C(=O)c4nc5ccc(F)cc5[nH]4)CC3)n2)cc1.O=C(O)C(F)(F)F. The summed E-state index contributed by atoms with van der Waals surface area (Å²) in [7, 11) is -3.76. The zero-order chi connectivity index (χ0) is 31.4. The van der Waals surface area contributed by atoms with Crippen molar-refractivity contribution in [2.75, 3.05) is 23.7 Å². The van der Waals surface area contributed by atoms with Crippen LogP contribution in [0.25, 0.3) is 11.0 Å². The van der Waals surface area contributed by atoms with Gasteiger partial charge < -0.3 is 25.6 Å². The fourth-order valence-electron chi connectivity index (χ4n) is 4.03. The van der Waals surface area contributed by atoms with Crippen LogP contribution in [0.3, 0.4) is 0 Å². The van der Waals surface area contributed by atoms with Crippen LogP contribution in [0.2, 0.25) is 0 Å². The van der Waals surface area contributed by atoms with Gasteiger partial charge in [-0.05, 0) is 61.4 Å². The molecule has 2 aromatic heterocycles. The number of nitrogens with zero attached hydrogens (tertiary/aromatic N) is 4. The van der Waals surface area contributed by atoms with Crippen LogP contribution >= 0.6 is 0 Å². The van der Waals surface area contributed by atoms with Crippen LogP contribution in [0, 0.1) is 5.82 Å². The maximum absolute atomic E-state index is 13.4. The number of benzene rings is 2. The molecule has 0 saturated carbocycles. The first-order valence-electron chi connectivity index (χ1n) is 12.4. The van der Waals surface area contributed by atoms with Gasteiger partial charge in [0, 0.05) is 31.0 Å². The van der Waals surface area contributed by atoms with Crippen LogP contribution in [0.5, 0.6) is 0 Å². The fraction of sp³-hybridized carbons (Fsp3) is 0.240. The van der Waals surface area contributed by atoms with Crippen LogP contribution in [0.15, 0.2) is 59.6 Å². The minimum atomic E-state index is -5.08. The lowest BCUT2D eigenvalue weighted by atomic mass is 10.0. The smallest absolute Gasteiger partial charge is 0.475 e. The average molecular weight is 625 g/mol. The number of piperidine rings is 1. The highest BCUT2D eigenvalue weighted by Gasteiger charge is 2.38. The highest BCUT2D eigenvalue weighted by Crippen LogP contribution is 2.21. The first-order chi connectivity index (χ1) is 20.2. The number of imidazole rings is 1. The quantitative estimate of drug-likeness (QED) is 0.199. The summed E-state index contributed by atoms with van der Waals surface area (Å²) in [6.45, 7) is 1.07. The van der Waals surface area contributed by atoms with Crippen molar-refractivity contribution >= 4 is 50.4 Å². The molecule has 4 aromatic rings. The van der Waals surface area contributed by atoms with Gasteiger partial charge in [-0.25, -0.2) is 32.7 Å². The molecule has 0 unspecified atom stereocenters. The molecule has 0 bridgehead atoms. The molecule has 0 spiro atoms. The van der Waals surface area contributed by atoms with Gasteiger partial charge in [-0.15, -0.1) is 0 Å². The van der Waals surface area contributed by atoms with E-state index in [0.29, 0.717) is 54.4 Å². The van der Waals surface area contributed by atoms with Gasteiger partial charge in [0.15, 0.2) is 5.82 Å². The highest BCUT2D eigenvalue weighted by atomic mass is 32.2. The van der Waals surface area contributed by atoms with E-state index in [1.165, 1.54) is 24.3 Å². The number of alkyl halides is 3. The molecule has 2 aromatic carbocycles. The lowest BCUT2D eigenvalue weighted by Crippen LogP contribution is -2.42. The lowest BCUT2D eigenvalue weighted by molar-refractivity contribution is -0.192. The van der Waals surface area contributed by atoms with Crippen LogP contribution in [-0.4, -0.2) is 75.5 Å². The number of H-pyrrole nitrogens is 1. The lowest BCUT2D eigenvalue weighted by Gasteiger charge is -2.32. The fourth-order valence-corrected chi connectivity index (χ4v) is 4.54. The molecule has 3 heterocycles. The van der Waals surface area contributed by atoms with Crippen molar-refractivity contribution in [3.63, 3.8) is 0 Å². The number of halogens is 4. The van der Waals surface area contributed by atoms with Crippen LogP contribution < -0.4 is 15.8 Å². The number of aromatic nitrogens is 4. The monoisotopic (exact) mass is 624 g/mol. The van der Waals surface area contributed by atoms with E-state index in [0.717, 1.165) is 0 Å². The van der Waals surface area contributed by atoms with E-state index >= 15 is 0 Å². The van der Waals surface area contributed by atoms with Crippen LogP contribution in [-0.2, 0) is 14.8 Å². The second-order valence-electron chi connectivity index (χ2n) is 9.22. The topological polar surface area (TPSA) is 196 Å². The number of sulfonamides is 1. The van der Waals surface area contributed by atoms with Gasteiger partial charge in [-0.2, -0.15) is 18.2 Å². The maximum atomic E-state index is 13.4. The number of aliphatic carboxylic acids is 1. The van der Waals surface area contributed by atoms with Crippen molar-refractivity contribution in [3.05, 3.63) is 66.4 Å². The number of likely N-dealkylation sites (tertiary alicyclic amines) is 1. The van der Waals surface area contributed by atoms with E-state index in [9.17, 15) is 30.8 Å². The third-order valence-corrected chi connectivity index (χ3v) is 7.05. The third-order valence-electron chi connectivity index (χ3n) is 6.12. The van der Waals surface area contributed by atoms with Crippen molar-refractivity contribution in [1.29, 1.82) is 0 Å². The Bertz CT molecular complexity index is 1720. The summed E-state index contributed by atoms with van der Waals surface area (Å²) in [5, 5.41) is 18.7. The summed E-state index contributed by atoms with van der Waals surface area (Å²) in [6, 6.07) is 12.0. The Morgan fingerprint density at radius 1 is 1.05 bits per heavy atom. The first-order valence-corrected chi connectivity index (χ1v) is 14.0. The molecule has 0 radical (unpaired) electrons. The van der Waals surface area contributed by atoms with E-state index in [1.807, 2.05) is 0 Å². The Kier molecular flexibility index (Phi) is 9.10. The van der Waals surface area contributed by atoms with Crippen LogP contribution in [0.4, 0.5) is 35.0 Å². The molecule has 13 nitrogen and oxygen atoms in total. The third kappa shape index (κ3) is 8.35. The Morgan fingerprint density at radius 2 is 1.70 bits per heavy atom. The zero-order valence-electron chi connectivity index (χ0n) is 22.0. The predicted molar refractivity (Wildman–Crippen MR) is 145 cm³/mol. The number of carbonyl (C=O) groups is 2. The van der Waals surface area contributed by atoms with E-state index in [1.54, 1.807) is 35.4 Å². The standard InChI is InChI=1S/C23H23FN8O3S.C2HF3O2/c24-14-1-6-18-19(13-14)30-21(29-18)22(33)32-11-8-16(9-12-32)27-20-7-10-26-23(31-20)28-15-2-4-17(5-3-15)36(25,34)35;3-2(4,5)1(6)7/h1-7,10,13,16H,8-9,11-12H2,(H,29,30)(H2,25,34,35)(H2,26,27,28,31);(H,6,7). The largest absolute Gasteiger partial charge is 0.490 e. The Balaban J connectivity index is 0.000000541. The molecule has 43 heavy (non-hydrogen) atoms. The zero-order valence-corrected chi connectivity index (χ0v) is 22.8. The van der Waals surface area contributed by atoms with Gasteiger partial charge in [0.25, 0.3) is 5.91 Å². The summed E-state index contributed by atoms with van der Waals surface area (Å²) >= 11 is 0. The van der Waals surface area contributed by atoms with Crippen LogP contribution in [0.1, 0.15) is 23.5 Å². The van der Waals surface area contributed by atoms with Crippen molar-refractivity contribution in [1.82, 2.24) is 24.8 Å². The van der Waals surface area contributed by atoms with Gasteiger partial charge in [-0.1, -0.05) is 0 Å². The number of primary sulfonamides is 1. The molecule has 1 fully saturated rings. The number of amides is 1.